The normalized spacial score (nSPS) is 15.0. The molecule has 19 heavy (non-hydrogen) atoms. The van der Waals surface area contributed by atoms with E-state index in [1.807, 2.05) is 31.2 Å². The molecule has 1 unspecified atom stereocenters. The van der Waals surface area contributed by atoms with Crippen molar-refractivity contribution in [3.8, 4) is 0 Å². The smallest absolute Gasteiger partial charge is 0.315 e. The van der Waals surface area contributed by atoms with Crippen molar-refractivity contribution in [3.63, 3.8) is 0 Å². The highest BCUT2D eigenvalue weighted by atomic mass is 16.4. The molecule has 0 radical (unpaired) electrons. The van der Waals surface area contributed by atoms with Crippen LogP contribution < -0.4 is 5.73 Å². The summed E-state index contributed by atoms with van der Waals surface area (Å²) in [5.74, 6) is -0.829. The zero-order valence-electron chi connectivity index (χ0n) is 12.4. The van der Waals surface area contributed by atoms with E-state index in [0.717, 1.165) is 17.5 Å². The van der Waals surface area contributed by atoms with Gasteiger partial charge >= 0.3 is 5.97 Å². The summed E-state index contributed by atoms with van der Waals surface area (Å²) < 4.78 is 0. The van der Waals surface area contributed by atoms with Crippen molar-refractivity contribution in [3.05, 3.63) is 35.4 Å². The van der Waals surface area contributed by atoms with Crippen LogP contribution in [0.3, 0.4) is 0 Å². The maximum Gasteiger partial charge on any atom is 0.315 e. The number of hydrogen-bond acceptors (Lipinski definition) is 2. The molecule has 0 fully saturated rings. The lowest BCUT2D eigenvalue weighted by molar-refractivity contribution is -0.144. The van der Waals surface area contributed by atoms with E-state index in [4.69, 9.17) is 5.73 Å². The Kier molecular flexibility index (Phi) is 4.75. The number of nitrogens with two attached hydrogens (primary N) is 1. The minimum atomic E-state index is -0.973. The number of hydrogen-bond donors (Lipinski definition) is 2. The molecule has 0 aliphatic rings. The summed E-state index contributed by atoms with van der Waals surface area (Å²) in [6, 6.07) is 7.67. The third-order valence-corrected chi connectivity index (χ3v) is 3.63. The van der Waals surface area contributed by atoms with Gasteiger partial charge in [-0.2, -0.15) is 0 Å². The summed E-state index contributed by atoms with van der Waals surface area (Å²) >= 11 is 0. The SMILES string of the molecule is Cc1cccc(C(CN)(CCC(C)(C)C)C(=O)O)c1. The van der Waals surface area contributed by atoms with E-state index in [0.29, 0.717) is 6.42 Å². The van der Waals surface area contributed by atoms with Crippen LogP contribution in [0.5, 0.6) is 0 Å². The number of rotatable bonds is 5. The van der Waals surface area contributed by atoms with Crippen molar-refractivity contribution in [2.75, 3.05) is 6.54 Å². The Hall–Kier alpha value is -1.35. The van der Waals surface area contributed by atoms with Crippen LogP contribution in [-0.4, -0.2) is 17.6 Å². The molecule has 1 aromatic carbocycles. The molecule has 0 aromatic heterocycles. The summed E-state index contributed by atoms with van der Waals surface area (Å²) in [6.45, 7) is 8.45. The van der Waals surface area contributed by atoms with E-state index in [1.165, 1.54) is 0 Å². The summed E-state index contributed by atoms with van der Waals surface area (Å²) in [7, 11) is 0. The van der Waals surface area contributed by atoms with Crippen LogP contribution >= 0.6 is 0 Å². The molecular formula is C16H25NO2. The lowest BCUT2D eigenvalue weighted by atomic mass is 9.73. The fourth-order valence-corrected chi connectivity index (χ4v) is 2.21. The molecule has 3 N–H and O–H groups in total. The van der Waals surface area contributed by atoms with Gasteiger partial charge in [0.15, 0.2) is 0 Å². The second-order valence-corrected chi connectivity index (χ2v) is 6.52. The Morgan fingerprint density at radius 3 is 2.32 bits per heavy atom. The number of benzene rings is 1. The van der Waals surface area contributed by atoms with Crippen LogP contribution in [0, 0.1) is 12.3 Å². The van der Waals surface area contributed by atoms with E-state index in [2.05, 4.69) is 20.8 Å². The van der Waals surface area contributed by atoms with Crippen molar-refractivity contribution in [1.82, 2.24) is 0 Å². The molecule has 0 spiro atoms. The minimum Gasteiger partial charge on any atom is -0.481 e. The van der Waals surface area contributed by atoms with Gasteiger partial charge in [0.05, 0.1) is 0 Å². The lowest BCUT2D eigenvalue weighted by Gasteiger charge is -2.32. The first kappa shape index (κ1) is 15.7. The quantitative estimate of drug-likeness (QED) is 0.858. The average molecular weight is 263 g/mol. The number of aryl methyl sites for hydroxylation is 1. The van der Waals surface area contributed by atoms with Gasteiger partial charge in [-0.05, 0) is 30.7 Å². The topological polar surface area (TPSA) is 63.3 Å². The molecule has 1 aromatic rings. The van der Waals surface area contributed by atoms with Crippen molar-refractivity contribution in [2.24, 2.45) is 11.1 Å². The van der Waals surface area contributed by atoms with Gasteiger partial charge in [0.1, 0.15) is 5.41 Å². The third-order valence-electron chi connectivity index (χ3n) is 3.63. The van der Waals surface area contributed by atoms with Crippen molar-refractivity contribution >= 4 is 5.97 Å². The highest BCUT2D eigenvalue weighted by molar-refractivity contribution is 5.81. The van der Waals surface area contributed by atoms with Crippen LogP contribution in [0.15, 0.2) is 24.3 Å². The predicted octanol–water partition coefficient (Wildman–Crippen LogP) is 3.10. The first-order valence-corrected chi connectivity index (χ1v) is 6.72. The number of carboxylic acid groups (broad SMARTS) is 1. The average Bonchev–Trinajstić information content (AvgIpc) is 2.28. The second kappa shape index (κ2) is 5.74. The largest absolute Gasteiger partial charge is 0.481 e. The fraction of sp³-hybridized carbons (Fsp3) is 0.562. The molecule has 0 saturated heterocycles. The van der Waals surface area contributed by atoms with E-state index in [-0.39, 0.29) is 12.0 Å². The van der Waals surface area contributed by atoms with E-state index in [1.54, 1.807) is 0 Å². The molecule has 0 bridgehead atoms. The Morgan fingerprint density at radius 1 is 1.26 bits per heavy atom. The molecule has 0 heterocycles. The molecule has 0 amide bonds. The predicted molar refractivity (Wildman–Crippen MR) is 78.2 cm³/mol. The molecule has 0 saturated carbocycles. The van der Waals surface area contributed by atoms with Crippen LogP contribution in [0.4, 0.5) is 0 Å². The van der Waals surface area contributed by atoms with Crippen LogP contribution in [0.2, 0.25) is 0 Å². The monoisotopic (exact) mass is 263 g/mol. The van der Waals surface area contributed by atoms with Gasteiger partial charge in [-0.15, -0.1) is 0 Å². The maximum atomic E-state index is 11.8. The standard InChI is InChI=1S/C16H25NO2/c1-12-6-5-7-13(10-12)16(11-17,14(18)19)9-8-15(2,3)4/h5-7,10H,8-9,11,17H2,1-4H3,(H,18,19). The molecule has 0 aliphatic heterocycles. The molecule has 3 heteroatoms. The summed E-state index contributed by atoms with van der Waals surface area (Å²) in [5.41, 5.74) is 6.84. The molecule has 3 nitrogen and oxygen atoms in total. The van der Waals surface area contributed by atoms with Gasteiger partial charge in [-0.3, -0.25) is 4.79 Å². The van der Waals surface area contributed by atoms with Crippen molar-refractivity contribution in [1.29, 1.82) is 0 Å². The van der Waals surface area contributed by atoms with Crippen molar-refractivity contribution < 1.29 is 9.90 Å². The van der Waals surface area contributed by atoms with Crippen LogP contribution in [0.1, 0.15) is 44.7 Å². The summed E-state index contributed by atoms with van der Waals surface area (Å²) in [5, 5.41) is 9.68. The third kappa shape index (κ3) is 3.80. The maximum absolute atomic E-state index is 11.8. The highest BCUT2D eigenvalue weighted by Gasteiger charge is 2.39. The van der Waals surface area contributed by atoms with Crippen molar-refractivity contribution in [2.45, 2.75) is 46.0 Å². The van der Waals surface area contributed by atoms with E-state index in [9.17, 15) is 9.90 Å². The van der Waals surface area contributed by atoms with Gasteiger partial charge in [0.25, 0.3) is 0 Å². The van der Waals surface area contributed by atoms with E-state index >= 15 is 0 Å². The Morgan fingerprint density at radius 2 is 1.89 bits per heavy atom. The zero-order chi connectivity index (χ0) is 14.7. The highest BCUT2D eigenvalue weighted by Crippen LogP contribution is 2.34. The fourth-order valence-electron chi connectivity index (χ4n) is 2.21. The molecule has 106 valence electrons. The Bertz CT molecular complexity index is 448. The molecule has 1 atom stereocenters. The van der Waals surface area contributed by atoms with Gasteiger partial charge < -0.3 is 10.8 Å². The summed E-state index contributed by atoms with van der Waals surface area (Å²) in [4.78, 5) is 11.8. The molecule has 1 rings (SSSR count). The first-order valence-electron chi connectivity index (χ1n) is 6.72. The van der Waals surface area contributed by atoms with Gasteiger partial charge in [-0.1, -0.05) is 50.6 Å². The van der Waals surface area contributed by atoms with Gasteiger partial charge in [-0.25, -0.2) is 0 Å². The Labute approximate surface area is 115 Å². The number of carbonyl (C=O) groups is 1. The molecular weight excluding hydrogens is 238 g/mol. The first-order chi connectivity index (χ1) is 8.71. The van der Waals surface area contributed by atoms with Crippen LogP contribution in [-0.2, 0) is 10.2 Å². The number of carboxylic acids is 1. The summed E-state index contributed by atoms with van der Waals surface area (Å²) in [6.07, 6.45) is 1.39. The lowest BCUT2D eigenvalue weighted by Crippen LogP contribution is -2.43. The second-order valence-electron chi connectivity index (χ2n) is 6.52. The Balaban J connectivity index is 3.16. The zero-order valence-corrected chi connectivity index (χ0v) is 12.4. The van der Waals surface area contributed by atoms with Crippen LogP contribution in [0.25, 0.3) is 0 Å². The minimum absolute atomic E-state index is 0.0969. The van der Waals surface area contributed by atoms with Gasteiger partial charge in [0.2, 0.25) is 0 Å². The van der Waals surface area contributed by atoms with E-state index < -0.39 is 11.4 Å². The number of aliphatic carboxylic acids is 1. The molecule has 0 aliphatic carbocycles. The van der Waals surface area contributed by atoms with Gasteiger partial charge in [0, 0.05) is 6.54 Å².